The number of nitro groups is 1. The smallest absolute Gasteiger partial charge is 0.411 e. The van der Waals surface area contributed by atoms with Gasteiger partial charge >= 0.3 is 6.09 Å². The highest BCUT2D eigenvalue weighted by atomic mass is 16.6. The average molecular weight is 298 g/mol. The molecular weight excluding hydrogens is 284 g/mol. The largest absolute Gasteiger partial charge is 0.444 e. The number of hydrogen-bond donors (Lipinski definition) is 1. The summed E-state index contributed by atoms with van der Waals surface area (Å²) in [5.41, 5.74) is 1.76. The lowest BCUT2D eigenvalue weighted by Gasteiger charge is -2.07. The molecule has 1 amide bonds. The monoisotopic (exact) mass is 298 g/mol. The van der Waals surface area contributed by atoms with Gasteiger partial charge in [0.05, 0.1) is 10.5 Å². The third-order valence-corrected chi connectivity index (χ3v) is 2.94. The van der Waals surface area contributed by atoms with Crippen LogP contribution in [0.5, 0.6) is 0 Å². The molecule has 0 saturated heterocycles. The van der Waals surface area contributed by atoms with Crippen molar-refractivity contribution in [2.75, 3.05) is 5.32 Å². The Kier molecular flexibility index (Phi) is 4.87. The minimum Gasteiger partial charge on any atom is -0.444 e. The number of benzene rings is 2. The molecule has 2 aromatic carbocycles. The molecule has 0 aliphatic rings. The number of nitro benzene ring substituents is 1. The Hall–Kier alpha value is -3.15. The molecule has 0 radical (unpaired) electrons. The van der Waals surface area contributed by atoms with Crippen molar-refractivity contribution in [3.63, 3.8) is 0 Å². The summed E-state index contributed by atoms with van der Waals surface area (Å²) in [5, 5.41) is 13.4. The van der Waals surface area contributed by atoms with Gasteiger partial charge in [0.1, 0.15) is 6.61 Å². The standard InChI is InChI=1S/C16H14N2O4/c1-2-12-7-9-14(10-8-12)17-16(19)22-11-13-5-3-4-6-15(13)18(20)21/h2-10H,1,11H2,(H,17,19). The number of para-hydroxylation sites is 1. The Balaban J connectivity index is 1.95. The fourth-order valence-electron chi connectivity index (χ4n) is 1.81. The maximum absolute atomic E-state index is 11.7. The van der Waals surface area contributed by atoms with Gasteiger partial charge in [0.25, 0.3) is 5.69 Å². The minimum absolute atomic E-state index is 0.0781. The molecule has 0 saturated carbocycles. The van der Waals surface area contributed by atoms with Crippen molar-refractivity contribution in [3.8, 4) is 0 Å². The number of hydrogen-bond acceptors (Lipinski definition) is 4. The van der Waals surface area contributed by atoms with Crippen LogP contribution in [-0.2, 0) is 11.3 Å². The van der Waals surface area contributed by atoms with Crippen molar-refractivity contribution in [2.24, 2.45) is 0 Å². The van der Waals surface area contributed by atoms with Crippen molar-refractivity contribution in [3.05, 3.63) is 76.4 Å². The van der Waals surface area contributed by atoms with Crippen LogP contribution in [-0.4, -0.2) is 11.0 Å². The van der Waals surface area contributed by atoms with E-state index in [1.165, 1.54) is 6.07 Å². The maximum atomic E-state index is 11.7. The van der Waals surface area contributed by atoms with E-state index < -0.39 is 11.0 Å². The molecule has 6 heteroatoms. The third-order valence-electron chi connectivity index (χ3n) is 2.94. The number of carbonyl (C=O) groups excluding carboxylic acids is 1. The van der Waals surface area contributed by atoms with Gasteiger partial charge in [-0.3, -0.25) is 15.4 Å². The van der Waals surface area contributed by atoms with Crippen LogP contribution >= 0.6 is 0 Å². The molecular formula is C16H14N2O4. The number of anilines is 1. The predicted octanol–water partition coefficient (Wildman–Crippen LogP) is 3.99. The zero-order chi connectivity index (χ0) is 15.9. The van der Waals surface area contributed by atoms with E-state index in [0.29, 0.717) is 11.3 Å². The fourth-order valence-corrected chi connectivity index (χ4v) is 1.81. The van der Waals surface area contributed by atoms with Crippen LogP contribution < -0.4 is 5.32 Å². The maximum Gasteiger partial charge on any atom is 0.411 e. The van der Waals surface area contributed by atoms with Crippen LogP contribution in [0.2, 0.25) is 0 Å². The molecule has 6 nitrogen and oxygen atoms in total. The van der Waals surface area contributed by atoms with Crippen LogP contribution in [0.15, 0.2) is 55.1 Å². The lowest BCUT2D eigenvalue weighted by molar-refractivity contribution is -0.385. The second kappa shape index (κ2) is 7.03. The number of carbonyl (C=O) groups is 1. The molecule has 0 unspecified atom stereocenters. The van der Waals surface area contributed by atoms with Gasteiger partial charge in [0.15, 0.2) is 0 Å². The van der Waals surface area contributed by atoms with Gasteiger partial charge in [-0.15, -0.1) is 0 Å². The van der Waals surface area contributed by atoms with E-state index in [9.17, 15) is 14.9 Å². The summed E-state index contributed by atoms with van der Waals surface area (Å²) >= 11 is 0. The molecule has 0 atom stereocenters. The van der Waals surface area contributed by atoms with Gasteiger partial charge in [0, 0.05) is 11.8 Å². The molecule has 0 aliphatic carbocycles. The highest BCUT2D eigenvalue weighted by Crippen LogP contribution is 2.18. The van der Waals surface area contributed by atoms with Gasteiger partial charge in [-0.2, -0.15) is 0 Å². The Morgan fingerprint density at radius 2 is 1.91 bits per heavy atom. The Morgan fingerprint density at radius 3 is 2.55 bits per heavy atom. The van der Waals surface area contributed by atoms with E-state index in [1.807, 2.05) is 0 Å². The van der Waals surface area contributed by atoms with Gasteiger partial charge < -0.3 is 4.74 Å². The zero-order valence-corrected chi connectivity index (χ0v) is 11.7. The van der Waals surface area contributed by atoms with Crippen LogP contribution in [0.3, 0.4) is 0 Å². The molecule has 112 valence electrons. The van der Waals surface area contributed by atoms with E-state index in [1.54, 1.807) is 48.5 Å². The minimum atomic E-state index is -0.676. The van der Waals surface area contributed by atoms with Gasteiger partial charge in [0.2, 0.25) is 0 Å². The molecule has 22 heavy (non-hydrogen) atoms. The first-order chi connectivity index (χ1) is 10.6. The summed E-state index contributed by atoms with van der Waals surface area (Å²) in [4.78, 5) is 22.0. The first-order valence-electron chi connectivity index (χ1n) is 6.48. The number of amides is 1. The topological polar surface area (TPSA) is 81.5 Å². The summed E-state index contributed by atoms with van der Waals surface area (Å²) < 4.78 is 5.00. The first kappa shape index (κ1) is 15.2. The number of ether oxygens (including phenoxy) is 1. The van der Waals surface area contributed by atoms with Gasteiger partial charge in [-0.05, 0) is 23.8 Å². The quantitative estimate of drug-likeness (QED) is 0.668. The molecule has 0 spiro atoms. The normalized spacial score (nSPS) is 9.82. The summed E-state index contributed by atoms with van der Waals surface area (Å²) in [6, 6.07) is 13.1. The molecule has 0 heterocycles. The van der Waals surface area contributed by atoms with Crippen molar-refractivity contribution in [2.45, 2.75) is 6.61 Å². The summed E-state index contributed by atoms with van der Waals surface area (Å²) in [6.07, 6.45) is 1.01. The van der Waals surface area contributed by atoms with E-state index in [2.05, 4.69) is 11.9 Å². The fraction of sp³-hybridized carbons (Fsp3) is 0.0625. The van der Waals surface area contributed by atoms with Crippen LogP contribution in [0.4, 0.5) is 16.2 Å². The van der Waals surface area contributed by atoms with Crippen molar-refractivity contribution >= 4 is 23.5 Å². The highest BCUT2D eigenvalue weighted by molar-refractivity contribution is 5.84. The van der Waals surface area contributed by atoms with Crippen LogP contribution in [0.1, 0.15) is 11.1 Å². The molecule has 0 aliphatic heterocycles. The van der Waals surface area contributed by atoms with Crippen molar-refractivity contribution in [1.82, 2.24) is 0 Å². The van der Waals surface area contributed by atoms with Gasteiger partial charge in [-0.25, -0.2) is 4.79 Å². The number of nitrogens with one attached hydrogen (secondary N) is 1. The molecule has 1 N–H and O–H groups in total. The predicted molar refractivity (Wildman–Crippen MR) is 83.4 cm³/mol. The highest BCUT2D eigenvalue weighted by Gasteiger charge is 2.14. The average Bonchev–Trinajstić information content (AvgIpc) is 2.54. The zero-order valence-electron chi connectivity index (χ0n) is 11.7. The SMILES string of the molecule is C=Cc1ccc(NC(=O)OCc2ccccc2[N+](=O)[O-])cc1. The second-order valence-electron chi connectivity index (χ2n) is 4.41. The Labute approximate surface area is 127 Å². The van der Waals surface area contributed by atoms with E-state index in [0.717, 1.165) is 5.56 Å². The Morgan fingerprint density at radius 1 is 1.23 bits per heavy atom. The third kappa shape index (κ3) is 3.92. The molecule has 2 aromatic rings. The van der Waals surface area contributed by atoms with Crippen LogP contribution in [0.25, 0.3) is 6.08 Å². The van der Waals surface area contributed by atoms with Gasteiger partial charge in [-0.1, -0.05) is 36.9 Å². The van der Waals surface area contributed by atoms with E-state index in [-0.39, 0.29) is 12.3 Å². The number of rotatable bonds is 5. The second-order valence-corrected chi connectivity index (χ2v) is 4.41. The lowest BCUT2D eigenvalue weighted by atomic mass is 10.2. The van der Waals surface area contributed by atoms with Crippen molar-refractivity contribution < 1.29 is 14.5 Å². The Bertz CT molecular complexity index is 696. The molecule has 0 aromatic heterocycles. The molecule has 0 fully saturated rings. The van der Waals surface area contributed by atoms with E-state index >= 15 is 0 Å². The van der Waals surface area contributed by atoms with E-state index in [4.69, 9.17) is 4.74 Å². The molecule has 2 rings (SSSR count). The number of nitrogens with zero attached hydrogens (tertiary/aromatic N) is 1. The summed E-state index contributed by atoms with van der Waals surface area (Å²) in [7, 11) is 0. The summed E-state index contributed by atoms with van der Waals surface area (Å²) in [5.74, 6) is 0. The van der Waals surface area contributed by atoms with Crippen LogP contribution in [0, 0.1) is 10.1 Å². The first-order valence-corrected chi connectivity index (χ1v) is 6.48. The van der Waals surface area contributed by atoms with Crippen molar-refractivity contribution in [1.29, 1.82) is 0 Å². The summed E-state index contributed by atoms with van der Waals surface area (Å²) in [6.45, 7) is 3.47. The lowest BCUT2D eigenvalue weighted by Crippen LogP contribution is -2.13. The molecule has 0 bridgehead atoms.